The van der Waals surface area contributed by atoms with Gasteiger partial charge >= 0.3 is 5.97 Å². The number of esters is 1. The Labute approximate surface area is 148 Å². The molecule has 0 bridgehead atoms. The Morgan fingerprint density at radius 1 is 1.08 bits per heavy atom. The van der Waals surface area contributed by atoms with Crippen LogP contribution in [0.25, 0.3) is 0 Å². The molecule has 126 valence electrons. The molecule has 0 saturated carbocycles. The van der Waals surface area contributed by atoms with Gasteiger partial charge in [0.1, 0.15) is 5.82 Å². The summed E-state index contributed by atoms with van der Waals surface area (Å²) in [6.07, 6.45) is -0.0303. The second-order valence-electron chi connectivity index (χ2n) is 4.95. The third-order valence-corrected chi connectivity index (χ3v) is 3.87. The highest BCUT2D eigenvalue weighted by Crippen LogP contribution is 2.22. The van der Waals surface area contributed by atoms with Crippen molar-refractivity contribution in [3.63, 3.8) is 0 Å². The molecule has 2 aromatic rings. The zero-order valence-corrected chi connectivity index (χ0v) is 14.0. The highest BCUT2D eigenvalue weighted by Gasteiger charge is 2.10. The molecule has 2 aromatic carbocycles. The van der Waals surface area contributed by atoms with Crippen LogP contribution in [0.3, 0.4) is 0 Å². The lowest BCUT2D eigenvalue weighted by atomic mass is 10.1. The predicted molar refractivity (Wildman–Crippen MR) is 89.4 cm³/mol. The number of ether oxygens (including phenoxy) is 1. The topological polar surface area (TPSA) is 55.4 Å². The van der Waals surface area contributed by atoms with Gasteiger partial charge in [-0.15, -0.1) is 0 Å². The Kier molecular flexibility index (Phi) is 6.58. The summed E-state index contributed by atoms with van der Waals surface area (Å²) in [6.45, 7) is -0.412. The molecule has 0 aromatic heterocycles. The summed E-state index contributed by atoms with van der Waals surface area (Å²) in [7, 11) is 0. The molecule has 4 nitrogen and oxygen atoms in total. The molecule has 0 aliphatic rings. The molecule has 1 N–H and O–H groups in total. The first kappa shape index (κ1) is 18.2. The van der Waals surface area contributed by atoms with Crippen LogP contribution >= 0.6 is 23.2 Å². The normalized spacial score (nSPS) is 10.3. The molecule has 0 unspecified atom stereocenters. The Balaban J connectivity index is 1.76. The third-order valence-electron chi connectivity index (χ3n) is 3.13. The van der Waals surface area contributed by atoms with Gasteiger partial charge in [0.05, 0.1) is 16.5 Å². The molecule has 24 heavy (non-hydrogen) atoms. The third kappa shape index (κ3) is 5.51. The standard InChI is InChI=1S/C17H14Cl2FNO3/c18-13-6-5-11(7-14(13)19)8-17(23)24-10-16(22)21-9-12-3-1-2-4-15(12)20/h1-7H,8-10H2,(H,21,22). The van der Waals surface area contributed by atoms with Gasteiger partial charge in [-0.1, -0.05) is 47.5 Å². The van der Waals surface area contributed by atoms with Gasteiger partial charge in [-0.2, -0.15) is 0 Å². The van der Waals surface area contributed by atoms with Crippen molar-refractivity contribution in [1.29, 1.82) is 0 Å². The lowest BCUT2D eigenvalue weighted by Gasteiger charge is -2.08. The number of hydrogen-bond donors (Lipinski definition) is 1. The minimum atomic E-state index is -0.575. The largest absolute Gasteiger partial charge is 0.455 e. The first-order valence-corrected chi connectivity index (χ1v) is 7.81. The van der Waals surface area contributed by atoms with Gasteiger partial charge in [0.2, 0.25) is 0 Å². The van der Waals surface area contributed by atoms with Crippen molar-refractivity contribution in [2.75, 3.05) is 6.61 Å². The van der Waals surface area contributed by atoms with Gasteiger partial charge in [-0.3, -0.25) is 9.59 Å². The summed E-state index contributed by atoms with van der Waals surface area (Å²) in [4.78, 5) is 23.3. The van der Waals surface area contributed by atoms with Crippen LogP contribution in [0.1, 0.15) is 11.1 Å². The molecule has 1 amide bonds. The summed E-state index contributed by atoms with van der Waals surface area (Å²) < 4.78 is 18.3. The van der Waals surface area contributed by atoms with E-state index >= 15 is 0 Å². The average Bonchev–Trinajstić information content (AvgIpc) is 2.55. The van der Waals surface area contributed by atoms with Crippen LogP contribution in [-0.2, 0) is 27.3 Å². The zero-order valence-electron chi connectivity index (χ0n) is 12.5. The molecule has 2 rings (SSSR count). The fraction of sp³-hybridized carbons (Fsp3) is 0.176. The Morgan fingerprint density at radius 3 is 2.54 bits per heavy atom. The minimum Gasteiger partial charge on any atom is -0.455 e. The van der Waals surface area contributed by atoms with E-state index in [4.69, 9.17) is 27.9 Å². The number of rotatable bonds is 6. The average molecular weight is 370 g/mol. The Bertz CT molecular complexity index is 752. The van der Waals surface area contributed by atoms with Crippen molar-refractivity contribution in [2.45, 2.75) is 13.0 Å². The smallest absolute Gasteiger partial charge is 0.310 e. The maximum Gasteiger partial charge on any atom is 0.310 e. The number of halogens is 3. The van der Waals surface area contributed by atoms with Gasteiger partial charge < -0.3 is 10.1 Å². The number of carbonyl (C=O) groups is 2. The van der Waals surface area contributed by atoms with E-state index in [0.29, 0.717) is 21.2 Å². The maximum atomic E-state index is 13.4. The van der Waals surface area contributed by atoms with Gasteiger partial charge in [-0.25, -0.2) is 4.39 Å². The summed E-state index contributed by atoms with van der Waals surface area (Å²) in [5.74, 6) is -1.50. The lowest BCUT2D eigenvalue weighted by Crippen LogP contribution is -2.29. The van der Waals surface area contributed by atoms with Gasteiger partial charge in [-0.05, 0) is 23.8 Å². The van der Waals surface area contributed by atoms with Crippen LogP contribution in [-0.4, -0.2) is 18.5 Å². The SMILES string of the molecule is O=C(COC(=O)Cc1ccc(Cl)c(Cl)c1)NCc1ccccc1F. The van der Waals surface area contributed by atoms with E-state index in [1.165, 1.54) is 6.07 Å². The van der Waals surface area contributed by atoms with Crippen LogP contribution in [0.15, 0.2) is 42.5 Å². The van der Waals surface area contributed by atoms with Gasteiger partial charge in [0.25, 0.3) is 5.91 Å². The van der Waals surface area contributed by atoms with Crippen molar-refractivity contribution < 1.29 is 18.7 Å². The number of amides is 1. The van der Waals surface area contributed by atoms with Crippen molar-refractivity contribution in [3.8, 4) is 0 Å². The number of carbonyl (C=O) groups excluding carboxylic acids is 2. The zero-order chi connectivity index (χ0) is 17.5. The molecule has 0 fully saturated rings. The first-order chi connectivity index (χ1) is 11.5. The lowest BCUT2D eigenvalue weighted by molar-refractivity contribution is -0.147. The number of benzene rings is 2. The van der Waals surface area contributed by atoms with E-state index in [1.54, 1.807) is 36.4 Å². The summed E-state index contributed by atoms with van der Waals surface area (Å²) in [5.41, 5.74) is 0.981. The second-order valence-corrected chi connectivity index (χ2v) is 5.77. The molecular weight excluding hydrogens is 356 g/mol. The molecule has 0 aliphatic heterocycles. The van der Waals surface area contributed by atoms with E-state index in [0.717, 1.165) is 0 Å². The Morgan fingerprint density at radius 2 is 1.83 bits per heavy atom. The quantitative estimate of drug-likeness (QED) is 0.792. The van der Waals surface area contributed by atoms with Crippen molar-refractivity contribution in [3.05, 3.63) is 69.5 Å². The monoisotopic (exact) mass is 369 g/mol. The highest BCUT2D eigenvalue weighted by atomic mass is 35.5. The molecule has 0 radical (unpaired) electrons. The van der Waals surface area contributed by atoms with E-state index in [-0.39, 0.29) is 13.0 Å². The molecule has 0 heterocycles. The van der Waals surface area contributed by atoms with Crippen molar-refractivity contribution in [2.24, 2.45) is 0 Å². The summed E-state index contributed by atoms with van der Waals surface area (Å²) in [5, 5.41) is 3.21. The van der Waals surface area contributed by atoms with E-state index in [9.17, 15) is 14.0 Å². The van der Waals surface area contributed by atoms with E-state index < -0.39 is 24.3 Å². The first-order valence-electron chi connectivity index (χ1n) is 7.05. The Hall–Kier alpha value is -2.11. The van der Waals surface area contributed by atoms with Gasteiger partial charge in [0, 0.05) is 12.1 Å². The molecule has 7 heteroatoms. The van der Waals surface area contributed by atoms with Gasteiger partial charge in [0.15, 0.2) is 6.61 Å². The molecule has 0 spiro atoms. The molecule has 0 atom stereocenters. The summed E-state index contributed by atoms with van der Waals surface area (Å²) in [6, 6.07) is 10.9. The van der Waals surface area contributed by atoms with Crippen LogP contribution in [0, 0.1) is 5.82 Å². The predicted octanol–water partition coefficient (Wildman–Crippen LogP) is 3.53. The molecule has 0 aliphatic carbocycles. The molecule has 0 saturated heterocycles. The van der Waals surface area contributed by atoms with Crippen LogP contribution in [0.2, 0.25) is 10.0 Å². The number of hydrogen-bond acceptors (Lipinski definition) is 3. The summed E-state index contributed by atoms with van der Waals surface area (Å²) >= 11 is 11.6. The van der Waals surface area contributed by atoms with E-state index in [1.807, 2.05) is 0 Å². The maximum absolute atomic E-state index is 13.4. The second kappa shape index (κ2) is 8.66. The van der Waals surface area contributed by atoms with Crippen LogP contribution in [0.5, 0.6) is 0 Å². The van der Waals surface area contributed by atoms with Crippen molar-refractivity contribution >= 4 is 35.1 Å². The number of nitrogens with one attached hydrogen (secondary N) is 1. The van der Waals surface area contributed by atoms with E-state index in [2.05, 4.69) is 5.32 Å². The minimum absolute atomic E-state index is 0.0237. The van der Waals surface area contributed by atoms with Crippen molar-refractivity contribution in [1.82, 2.24) is 5.32 Å². The van der Waals surface area contributed by atoms with Crippen LogP contribution in [0.4, 0.5) is 4.39 Å². The van der Waals surface area contributed by atoms with Crippen LogP contribution < -0.4 is 5.32 Å². The fourth-order valence-corrected chi connectivity index (χ4v) is 2.22. The fourth-order valence-electron chi connectivity index (χ4n) is 1.90. The molecular formula is C17H14Cl2FNO3. The highest BCUT2D eigenvalue weighted by molar-refractivity contribution is 6.42.